The van der Waals surface area contributed by atoms with Crippen LogP contribution in [0.4, 0.5) is 0 Å². The molecule has 1 aromatic rings. The van der Waals surface area contributed by atoms with Crippen molar-refractivity contribution in [2.24, 2.45) is 0 Å². The molecule has 2 rings (SSSR count). The highest BCUT2D eigenvalue weighted by Gasteiger charge is 2.16. The molecule has 1 aromatic carbocycles. The first-order chi connectivity index (χ1) is 8.27. The molecular weight excluding hydrogens is 327 g/mol. The van der Waals surface area contributed by atoms with Crippen molar-refractivity contribution in [1.82, 2.24) is 10.6 Å². The van der Waals surface area contributed by atoms with Gasteiger partial charge in [-0.05, 0) is 67.1 Å². The van der Waals surface area contributed by atoms with Crippen molar-refractivity contribution in [2.75, 3.05) is 13.1 Å². The van der Waals surface area contributed by atoms with E-state index in [4.69, 9.17) is 0 Å². The Labute approximate surface area is 116 Å². The number of benzene rings is 1. The number of carbonyl (C=O) groups excluding carboxylic acids is 1. The average molecular weight is 344 g/mol. The SMILES string of the molecule is O=C(NC1CCCNCC1)c1ccccc1I. The molecule has 2 N–H and O–H groups in total. The second kappa shape index (κ2) is 6.35. The fourth-order valence-electron chi connectivity index (χ4n) is 2.07. The van der Waals surface area contributed by atoms with Crippen molar-refractivity contribution >= 4 is 28.5 Å². The van der Waals surface area contributed by atoms with Gasteiger partial charge in [-0.2, -0.15) is 0 Å². The molecule has 0 radical (unpaired) electrons. The van der Waals surface area contributed by atoms with E-state index in [0.717, 1.165) is 41.5 Å². The summed E-state index contributed by atoms with van der Waals surface area (Å²) in [5.74, 6) is 0.0573. The Morgan fingerprint density at radius 3 is 2.94 bits per heavy atom. The Kier molecular flexibility index (Phi) is 4.79. The number of halogens is 1. The van der Waals surface area contributed by atoms with Gasteiger partial charge in [0, 0.05) is 9.61 Å². The third kappa shape index (κ3) is 3.67. The zero-order valence-electron chi connectivity index (χ0n) is 9.71. The lowest BCUT2D eigenvalue weighted by Crippen LogP contribution is -2.35. The summed E-state index contributed by atoms with van der Waals surface area (Å²) in [4.78, 5) is 12.1. The van der Waals surface area contributed by atoms with Gasteiger partial charge in [0.1, 0.15) is 0 Å². The van der Waals surface area contributed by atoms with Gasteiger partial charge in [0.2, 0.25) is 0 Å². The summed E-state index contributed by atoms with van der Waals surface area (Å²) in [6, 6.07) is 8.02. The third-order valence-electron chi connectivity index (χ3n) is 3.03. The first kappa shape index (κ1) is 12.8. The highest BCUT2D eigenvalue weighted by molar-refractivity contribution is 14.1. The van der Waals surface area contributed by atoms with Gasteiger partial charge >= 0.3 is 0 Å². The van der Waals surface area contributed by atoms with Crippen LogP contribution in [0.5, 0.6) is 0 Å². The molecule has 1 amide bonds. The summed E-state index contributed by atoms with van der Waals surface area (Å²) in [7, 11) is 0. The molecule has 1 aliphatic heterocycles. The molecule has 1 unspecified atom stereocenters. The molecular formula is C13H17IN2O. The molecule has 0 aliphatic carbocycles. The number of amides is 1. The fourth-order valence-corrected chi connectivity index (χ4v) is 2.70. The summed E-state index contributed by atoms with van der Waals surface area (Å²) >= 11 is 2.20. The van der Waals surface area contributed by atoms with Crippen LogP contribution in [0, 0.1) is 3.57 Å². The van der Waals surface area contributed by atoms with Crippen LogP contribution >= 0.6 is 22.6 Å². The summed E-state index contributed by atoms with van der Waals surface area (Å²) in [5, 5.41) is 6.48. The van der Waals surface area contributed by atoms with Gasteiger partial charge in [-0.25, -0.2) is 0 Å². The highest BCUT2D eigenvalue weighted by atomic mass is 127. The summed E-state index contributed by atoms with van der Waals surface area (Å²) in [5.41, 5.74) is 0.783. The van der Waals surface area contributed by atoms with E-state index < -0.39 is 0 Å². The molecule has 4 heteroatoms. The van der Waals surface area contributed by atoms with E-state index in [1.54, 1.807) is 0 Å². The highest BCUT2D eigenvalue weighted by Crippen LogP contribution is 2.13. The maximum absolute atomic E-state index is 12.1. The van der Waals surface area contributed by atoms with Crippen molar-refractivity contribution < 1.29 is 4.79 Å². The largest absolute Gasteiger partial charge is 0.349 e. The Morgan fingerprint density at radius 2 is 2.12 bits per heavy atom. The zero-order chi connectivity index (χ0) is 12.1. The van der Waals surface area contributed by atoms with E-state index in [2.05, 4.69) is 33.2 Å². The first-order valence-corrected chi connectivity index (χ1v) is 7.11. The van der Waals surface area contributed by atoms with Crippen LogP contribution in [0.15, 0.2) is 24.3 Å². The van der Waals surface area contributed by atoms with Crippen LogP contribution in [-0.2, 0) is 0 Å². The smallest absolute Gasteiger partial charge is 0.252 e. The van der Waals surface area contributed by atoms with E-state index in [1.807, 2.05) is 24.3 Å². The number of rotatable bonds is 2. The van der Waals surface area contributed by atoms with Crippen molar-refractivity contribution in [3.8, 4) is 0 Å². The maximum Gasteiger partial charge on any atom is 0.252 e. The predicted octanol–water partition coefficient (Wildman–Crippen LogP) is 2.16. The standard InChI is InChI=1S/C13H17IN2O/c14-12-6-2-1-5-11(12)13(17)16-10-4-3-8-15-9-7-10/h1-2,5-6,10,15H,3-4,7-9H2,(H,16,17). The molecule has 1 aliphatic rings. The minimum Gasteiger partial charge on any atom is -0.349 e. The molecule has 0 saturated carbocycles. The molecule has 1 saturated heterocycles. The zero-order valence-corrected chi connectivity index (χ0v) is 11.9. The fraction of sp³-hybridized carbons (Fsp3) is 0.462. The summed E-state index contributed by atoms with van der Waals surface area (Å²) in [6.07, 6.45) is 3.23. The van der Waals surface area contributed by atoms with Crippen molar-refractivity contribution in [3.63, 3.8) is 0 Å². The minimum atomic E-state index is 0.0573. The quantitative estimate of drug-likeness (QED) is 0.808. The van der Waals surface area contributed by atoms with Crippen LogP contribution in [-0.4, -0.2) is 25.0 Å². The van der Waals surface area contributed by atoms with Crippen LogP contribution in [0.1, 0.15) is 29.6 Å². The Balaban J connectivity index is 1.98. The van der Waals surface area contributed by atoms with Gasteiger partial charge in [-0.3, -0.25) is 4.79 Å². The van der Waals surface area contributed by atoms with Gasteiger partial charge in [0.05, 0.1) is 5.56 Å². The van der Waals surface area contributed by atoms with Crippen LogP contribution in [0.3, 0.4) is 0 Å². The average Bonchev–Trinajstić information content (AvgIpc) is 2.58. The maximum atomic E-state index is 12.1. The van der Waals surface area contributed by atoms with Gasteiger partial charge < -0.3 is 10.6 Å². The molecule has 92 valence electrons. The van der Waals surface area contributed by atoms with Gasteiger partial charge in [0.25, 0.3) is 5.91 Å². The Morgan fingerprint density at radius 1 is 1.29 bits per heavy atom. The van der Waals surface area contributed by atoms with E-state index in [0.29, 0.717) is 6.04 Å². The number of hydrogen-bond donors (Lipinski definition) is 2. The molecule has 3 nitrogen and oxygen atoms in total. The first-order valence-electron chi connectivity index (χ1n) is 6.03. The lowest BCUT2D eigenvalue weighted by atomic mass is 10.1. The van der Waals surface area contributed by atoms with Gasteiger partial charge in [-0.15, -0.1) is 0 Å². The van der Waals surface area contributed by atoms with Gasteiger partial charge in [-0.1, -0.05) is 12.1 Å². The van der Waals surface area contributed by atoms with Crippen molar-refractivity contribution in [2.45, 2.75) is 25.3 Å². The molecule has 0 spiro atoms. The second-order valence-electron chi connectivity index (χ2n) is 4.33. The predicted molar refractivity (Wildman–Crippen MR) is 77.1 cm³/mol. The molecule has 1 heterocycles. The summed E-state index contributed by atoms with van der Waals surface area (Å²) in [6.45, 7) is 2.06. The normalized spacial score (nSPS) is 20.6. The van der Waals surface area contributed by atoms with Crippen LogP contribution in [0.25, 0.3) is 0 Å². The molecule has 1 fully saturated rings. The van der Waals surface area contributed by atoms with Crippen molar-refractivity contribution in [1.29, 1.82) is 0 Å². The molecule has 0 bridgehead atoms. The number of nitrogens with one attached hydrogen (secondary N) is 2. The second-order valence-corrected chi connectivity index (χ2v) is 5.49. The van der Waals surface area contributed by atoms with Crippen LogP contribution in [0.2, 0.25) is 0 Å². The van der Waals surface area contributed by atoms with Crippen molar-refractivity contribution in [3.05, 3.63) is 33.4 Å². The Bertz CT molecular complexity index is 387. The van der Waals surface area contributed by atoms with Gasteiger partial charge in [0.15, 0.2) is 0 Å². The Hall–Kier alpha value is -0.620. The lowest BCUT2D eigenvalue weighted by molar-refractivity contribution is 0.0933. The topological polar surface area (TPSA) is 41.1 Å². The molecule has 1 atom stereocenters. The monoisotopic (exact) mass is 344 g/mol. The number of hydrogen-bond acceptors (Lipinski definition) is 2. The van der Waals surface area contributed by atoms with E-state index in [1.165, 1.54) is 0 Å². The minimum absolute atomic E-state index is 0.0573. The number of carbonyl (C=O) groups is 1. The lowest BCUT2D eigenvalue weighted by Gasteiger charge is -2.16. The summed E-state index contributed by atoms with van der Waals surface area (Å²) < 4.78 is 1.01. The molecule has 0 aromatic heterocycles. The molecule has 17 heavy (non-hydrogen) atoms. The van der Waals surface area contributed by atoms with E-state index >= 15 is 0 Å². The van der Waals surface area contributed by atoms with E-state index in [-0.39, 0.29) is 5.91 Å². The van der Waals surface area contributed by atoms with E-state index in [9.17, 15) is 4.79 Å². The van der Waals surface area contributed by atoms with Crippen LogP contribution < -0.4 is 10.6 Å². The third-order valence-corrected chi connectivity index (χ3v) is 3.97.